The summed E-state index contributed by atoms with van der Waals surface area (Å²) in [5.74, 6) is -1.33. The highest BCUT2D eigenvalue weighted by Crippen LogP contribution is 2.36. The van der Waals surface area contributed by atoms with Gasteiger partial charge >= 0.3 is 5.97 Å². The van der Waals surface area contributed by atoms with Crippen LogP contribution >= 0.6 is 0 Å². The number of nitrogens with zero attached hydrogens (tertiary/aromatic N) is 1. The molecule has 0 radical (unpaired) electrons. The number of carboxylic acids is 1. The molecule has 1 fully saturated rings. The van der Waals surface area contributed by atoms with Crippen molar-refractivity contribution in [2.24, 2.45) is 0 Å². The average Bonchev–Trinajstić information content (AvgIpc) is 2.58. The van der Waals surface area contributed by atoms with E-state index >= 15 is 0 Å². The van der Waals surface area contributed by atoms with E-state index in [-0.39, 0.29) is 24.3 Å². The van der Waals surface area contributed by atoms with Crippen molar-refractivity contribution in [2.45, 2.75) is 31.8 Å². The van der Waals surface area contributed by atoms with Gasteiger partial charge in [0.15, 0.2) is 6.61 Å². The van der Waals surface area contributed by atoms with Crippen LogP contribution in [0.4, 0.5) is 0 Å². The molecule has 0 aromatic heterocycles. The zero-order valence-electron chi connectivity index (χ0n) is 13.2. The third-order valence-electron chi connectivity index (χ3n) is 4.31. The van der Waals surface area contributed by atoms with Crippen molar-refractivity contribution in [3.05, 3.63) is 41.6 Å². The van der Waals surface area contributed by atoms with Gasteiger partial charge in [0.2, 0.25) is 0 Å². The molecule has 24 heavy (non-hydrogen) atoms. The number of aliphatic carboxylic acids is 1. The molecular formula is C17H18N2O5. The molecule has 0 unspecified atom stereocenters. The van der Waals surface area contributed by atoms with Crippen molar-refractivity contribution >= 4 is 17.8 Å². The molecule has 0 bridgehead atoms. The number of amides is 2. The first kappa shape index (κ1) is 16.0. The lowest BCUT2D eigenvalue weighted by Gasteiger charge is -2.50. The van der Waals surface area contributed by atoms with Crippen molar-refractivity contribution in [3.63, 3.8) is 0 Å². The maximum absolute atomic E-state index is 12.2. The Labute approximate surface area is 138 Å². The highest BCUT2D eigenvalue weighted by Gasteiger charge is 2.52. The highest BCUT2D eigenvalue weighted by atomic mass is 16.5. The maximum atomic E-state index is 12.2. The van der Waals surface area contributed by atoms with Crippen molar-refractivity contribution in [1.82, 2.24) is 10.2 Å². The molecule has 1 aromatic carbocycles. The van der Waals surface area contributed by atoms with Crippen LogP contribution in [0.2, 0.25) is 0 Å². The zero-order valence-corrected chi connectivity index (χ0v) is 13.2. The van der Waals surface area contributed by atoms with Crippen molar-refractivity contribution in [2.75, 3.05) is 6.61 Å². The molecule has 0 saturated carbocycles. The molecule has 2 amide bonds. The number of ether oxygens (including phenoxy) is 1. The number of carboxylic acid groups (broad SMARTS) is 1. The first-order valence-corrected chi connectivity index (χ1v) is 7.72. The quantitative estimate of drug-likeness (QED) is 0.783. The monoisotopic (exact) mass is 330 g/mol. The van der Waals surface area contributed by atoms with Gasteiger partial charge in [-0.15, -0.1) is 0 Å². The molecule has 2 atom stereocenters. The van der Waals surface area contributed by atoms with Crippen LogP contribution in [0, 0.1) is 0 Å². The van der Waals surface area contributed by atoms with Gasteiger partial charge in [-0.2, -0.15) is 0 Å². The topological polar surface area (TPSA) is 95.9 Å². The van der Waals surface area contributed by atoms with Crippen molar-refractivity contribution in [1.29, 1.82) is 0 Å². The Balaban J connectivity index is 1.59. The second kappa shape index (κ2) is 6.35. The number of β-lactam (4-membered cyclic amide) rings is 1. The van der Waals surface area contributed by atoms with Crippen LogP contribution in [-0.2, 0) is 14.4 Å². The fraction of sp³-hybridized carbons (Fsp3) is 0.353. The Bertz CT molecular complexity index is 713. The summed E-state index contributed by atoms with van der Waals surface area (Å²) in [6.07, 6.45) is 1.24. The summed E-state index contributed by atoms with van der Waals surface area (Å²) in [4.78, 5) is 36.8. The number of nitrogens with one attached hydrogen (secondary N) is 1. The standard InChI is InChI=1S/C17H18N2O5/c1-10-7-8-12-14(16(21)19(12)15(10)17(22)23)18-13(20)9-24-11-5-3-2-4-6-11/h2-6,12,14H,7-9H2,1H3,(H,18,20)(H,22,23)/t12-,14+/m1/s1. The third kappa shape index (κ3) is 2.84. The predicted molar refractivity (Wildman–Crippen MR) is 84.1 cm³/mol. The van der Waals surface area contributed by atoms with Gasteiger partial charge in [0.25, 0.3) is 11.8 Å². The van der Waals surface area contributed by atoms with E-state index in [4.69, 9.17) is 4.74 Å². The Morgan fingerprint density at radius 2 is 2.04 bits per heavy atom. The van der Waals surface area contributed by atoms with Crippen LogP contribution in [0.5, 0.6) is 5.75 Å². The summed E-state index contributed by atoms with van der Waals surface area (Å²) in [5, 5.41) is 11.9. The van der Waals surface area contributed by atoms with Crippen molar-refractivity contribution < 1.29 is 24.2 Å². The van der Waals surface area contributed by atoms with E-state index < -0.39 is 17.9 Å². The number of hydrogen-bond donors (Lipinski definition) is 2. The summed E-state index contributed by atoms with van der Waals surface area (Å²) in [5.41, 5.74) is 0.728. The number of rotatable bonds is 5. The number of allylic oxidation sites excluding steroid dienone is 1. The number of benzene rings is 1. The minimum atomic E-state index is -1.11. The lowest BCUT2D eigenvalue weighted by atomic mass is 9.84. The van der Waals surface area contributed by atoms with Gasteiger partial charge in [0.05, 0.1) is 6.04 Å². The normalized spacial score (nSPS) is 22.5. The lowest BCUT2D eigenvalue weighted by molar-refractivity contribution is -0.156. The lowest BCUT2D eigenvalue weighted by Crippen LogP contribution is -2.71. The Morgan fingerprint density at radius 1 is 1.33 bits per heavy atom. The Hall–Kier alpha value is -2.83. The molecule has 7 nitrogen and oxygen atoms in total. The van der Waals surface area contributed by atoms with Gasteiger partial charge < -0.3 is 15.2 Å². The Kier molecular flexibility index (Phi) is 4.24. The van der Waals surface area contributed by atoms with Crippen LogP contribution in [0.15, 0.2) is 41.6 Å². The fourth-order valence-corrected chi connectivity index (χ4v) is 3.13. The number of para-hydroxylation sites is 1. The molecular weight excluding hydrogens is 312 g/mol. The summed E-state index contributed by atoms with van der Waals surface area (Å²) < 4.78 is 5.34. The molecule has 2 aliphatic rings. The molecule has 3 rings (SSSR count). The summed E-state index contributed by atoms with van der Waals surface area (Å²) in [7, 11) is 0. The van der Waals surface area contributed by atoms with Gasteiger partial charge in [-0.3, -0.25) is 14.5 Å². The highest BCUT2D eigenvalue weighted by molar-refractivity contribution is 6.01. The number of carbonyl (C=O) groups excluding carboxylic acids is 2. The second-order valence-electron chi connectivity index (χ2n) is 5.90. The van der Waals surface area contributed by atoms with Crippen LogP contribution in [0.25, 0.3) is 0 Å². The molecule has 2 aliphatic heterocycles. The van der Waals surface area contributed by atoms with Gasteiger partial charge in [-0.05, 0) is 37.5 Å². The average molecular weight is 330 g/mol. The van der Waals surface area contributed by atoms with E-state index in [1.807, 2.05) is 6.07 Å². The molecule has 126 valence electrons. The zero-order chi connectivity index (χ0) is 17.3. The van der Waals surface area contributed by atoms with E-state index in [9.17, 15) is 19.5 Å². The van der Waals surface area contributed by atoms with Gasteiger partial charge in [-0.1, -0.05) is 18.2 Å². The van der Waals surface area contributed by atoms with Crippen LogP contribution in [0.3, 0.4) is 0 Å². The van der Waals surface area contributed by atoms with Gasteiger partial charge in [-0.25, -0.2) is 4.79 Å². The SMILES string of the molecule is CC1=C(C(=O)O)N2C(=O)[C@@H](NC(=O)COc3ccccc3)[C@H]2CC1. The van der Waals surface area contributed by atoms with Gasteiger partial charge in [0.1, 0.15) is 17.5 Å². The number of hydrogen-bond acceptors (Lipinski definition) is 4. The number of fused-ring (bicyclic) bond motifs is 1. The molecule has 0 aliphatic carbocycles. The molecule has 1 saturated heterocycles. The third-order valence-corrected chi connectivity index (χ3v) is 4.31. The molecule has 7 heteroatoms. The fourth-order valence-electron chi connectivity index (χ4n) is 3.13. The van der Waals surface area contributed by atoms with Gasteiger partial charge in [0, 0.05) is 0 Å². The number of carbonyl (C=O) groups is 3. The van der Waals surface area contributed by atoms with Crippen LogP contribution in [-0.4, -0.2) is 46.5 Å². The van der Waals surface area contributed by atoms with E-state index in [1.54, 1.807) is 31.2 Å². The molecule has 1 aromatic rings. The minimum Gasteiger partial charge on any atom is -0.484 e. The van der Waals surface area contributed by atoms with E-state index in [0.717, 1.165) is 0 Å². The molecule has 2 heterocycles. The maximum Gasteiger partial charge on any atom is 0.352 e. The largest absolute Gasteiger partial charge is 0.484 e. The summed E-state index contributed by atoms with van der Waals surface area (Å²) >= 11 is 0. The summed E-state index contributed by atoms with van der Waals surface area (Å²) in [6.45, 7) is 1.52. The van der Waals surface area contributed by atoms with E-state index in [1.165, 1.54) is 4.90 Å². The smallest absolute Gasteiger partial charge is 0.352 e. The first-order valence-electron chi connectivity index (χ1n) is 7.72. The minimum absolute atomic E-state index is 0.0438. The van der Waals surface area contributed by atoms with E-state index in [0.29, 0.717) is 24.2 Å². The Morgan fingerprint density at radius 3 is 2.71 bits per heavy atom. The van der Waals surface area contributed by atoms with E-state index in [2.05, 4.69) is 5.32 Å². The first-order chi connectivity index (χ1) is 11.5. The molecule has 2 N–H and O–H groups in total. The second-order valence-corrected chi connectivity index (χ2v) is 5.90. The van der Waals surface area contributed by atoms with Crippen LogP contribution in [0.1, 0.15) is 19.8 Å². The van der Waals surface area contributed by atoms with Crippen LogP contribution < -0.4 is 10.1 Å². The van der Waals surface area contributed by atoms with Crippen molar-refractivity contribution in [3.8, 4) is 5.75 Å². The predicted octanol–water partition coefficient (Wildman–Crippen LogP) is 0.913. The molecule has 0 spiro atoms. The summed E-state index contributed by atoms with van der Waals surface area (Å²) in [6, 6.07) is 7.92.